The second-order valence-electron chi connectivity index (χ2n) is 5.20. The van der Waals surface area contributed by atoms with Gasteiger partial charge in [0.1, 0.15) is 0 Å². The monoisotopic (exact) mass is 563 g/mol. The summed E-state index contributed by atoms with van der Waals surface area (Å²) in [6.45, 7) is 0. The molecule has 0 spiro atoms. The van der Waals surface area contributed by atoms with E-state index in [1.807, 2.05) is 6.07 Å². The van der Waals surface area contributed by atoms with Crippen LogP contribution < -0.4 is 10.4 Å². The fourth-order valence-electron chi connectivity index (χ4n) is 2.14. The first-order chi connectivity index (χ1) is 13.1. The van der Waals surface area contributed by atoms with Crippen LogP contribution in [0.15, 0.2) is 55.0 Å². The smallest absolute Gasteiger partial charge is 0.193 e. The largest absolute Gasteiger partial charge is 0.571 e. The van der Waals surface area contributed by atoms with Crippen LogP contribution in [0.1, 0.15) is 0 Å². The van der Waals surface area contributed by atoms with Gasteiger partial charge in [-0.25, -0.2) is 0 Å². The van der Waals surface area contributed by atoms with Crippen molar-refractivity contribution < 1.29 is 33.3 Å². The normalized spacial score (nSPS) is 9.86. The average molecular weight is 563 g/mol. The van der Waals surface area contributed by atoms with Gasteiger partial charge in [0.05, 0.1) is 5.69 Å². The van der Waals surface area contributed by atoms with Gasteiger partial charge in [-0.1, -0.05) is 5.69 Å². The molecule has 1 radical (unpaired) electrons. The second kappa shape index (κ2) is 9.82. The Labute approximate surface area is 172 Å². The predicted octanol–water partition coefficient (Wildman–Crippen LogP) is 3.23. The van der Waals surface area contributed by atoms with Gasteiger partial charge in [0.15, 0.2) is 5.95 Å². The molecule has 0 amide bonds. The van der Waals surface area contributed by atoms with Gasteiger partial charge in [-0.15, -0.1) is 12.1 Å². The molecule has 10 heteroatoms. The molecule has 0 aliphatic rings. The standard InChI is InChI=1S/C9H5F2N2.C9H8FN4.Ir/c10-7-2-3-9(8(11)6-7)13-5-1-4-12-13;1-11-6-2-3-12-7(4-6)8-5-9(10)14-13-8;/h1-2,4-6H;2-5H,1H3,(H-,11,12,13,14);/q2*-1;. The summed E-state index contributed by atoms with van der Waals surface area (Å²) < 4.78 is 39.4. The summed E-state index contributed by atoms with van der Waals surface area (Å²) in [5, 5.41) is 13.7. The quantitative estimate of drug-likeness (QED) is 0.389. The van der Waals surface area contributed by atoms with Gasteiger partial charge in [-0.05, 0) is 30.0 Å². The van der Waals surface area contributed by atoms with Crippen LogP contribution in [0, 0.1) is 23.6 Å². The molecule has 0 atom stereocenters. The maximum Gasteiger partial charge on any atom is 0.193 e. The van der Waals surface area contributed by atoms with E-state index in [0.29, 0.717) is 11.4 Å². The third kappa shape index (κ3) is 5.27. The number of halogens is 3. The molecule has 1 N–H and O–H groups in total. The molecule has 3 aromatic heterocycles. The van der Waals surface area contributed by atoms with Crippen molar-refractivity contribution in [1.29, 1.82) is 0 Å². The fraction of sp³-hybridized carbons (Fsp3) is 0.0556. The first-order valence-electron chi connectivity index (χ1n) is 7.73. The molecule has 0 unspecified atom stereocenters. The van der Waals surface area contributed by atoms with E-state index in [-0.39, 0.29) is 25.8 Å². The summed E-state index contributed by atoms with van der Waals surface area (Å²) in [6.07, 6.45) is 4.71. The molecule has 4 rings (SSSR count). The molecule has 147 valence electrons. The zero-order valence-electron chi connectivity index (χ0n) is 14.4. The van der Waals surface area contributed by atoms with Gasteiger partial charge in [0, 0.05) is 63.1 Å². The third-order valence-corrected chi connectivity index (χ3v) is 3.39. The second-order valence-corrected chi connectivity index (χ2v) is 5.20. The Morgan fingerprint density at radius 1 is 1.14 bits per heavy atom. The first-order valence-corrected chi connectivity index (χ1v) is 7.73. The minimum absolute atomic E-state index is 0. The molecule has 0 aliphatic heterocycles. The molecular formula is C18H13F3IrN6-2. The van der Waals surface area contributed by atoms with E-state index in [9.17, 15) is 13.2 Å². The van der Waals surface area contributed by atoms with Gasteiger partial charge in [-0.2, -0.15) is 15.6 Å². The van der Waals surface area contributed by atoms with Crippen LogP contribution in [0.3, 0.4) is 0 Å². The SMILES string of the molecule is CNc1ccnc(-c2cc(F)n[n-]2)c1.Fc1c[c-]c(-n2cccn2)c(F)c1.[Ir]. The third-order valence-electron chi connectivity index (χ3n) is 3.39. The van der Waals surface area contributed by atoms with Crippen LogP contribution in [0.2, 0.25) is 0 Å². The molecule has 0 saturated heterocycles. The Morgan fingerprint density at radius 3 is 2.57 bits per heavy atom. The Balaban J connectivity index is 0.000000194. The summed E-state index contributed by atoms with van der Waals surface area (Å²) in [4.78, 5) is 4.06. The van der Waals surface area contributed by atoms with Crippen molar-refractivity contribution in [3.63, 3.8) is 0 Å². The van der Waals surface area contributed by atoms with Crippen molar-refractivity contribution in [2.24, 2.45) is 0 Å². The number of hydrogen-bond donors (Lipinski definition) is 1. The maximum atomic E-state index is 13.1. The van der Waals surface area contributed by atoms with Gasteiger partial charge < -0.3 is 15.5 Å². The van der Waals surface area contributed by atoms with Crippen molar-refractivity contribution in [3.8, 4) is 17.1 Å². The molecule has 4 aromatic rings. The van der Waals surface area contributed by atoms with Crippen molar-refractivity contribution >= 4 is 5.69 Å². The van der Waals surface area contributed by atoms with Gasteiger partial charge >= 0.3 is 0 Å². The zero-order valence-corrected chi connectivity index (χ0v) is 16.8. The summed E-state index contributed by atoms with van der Waals surface area (Å²) in [6, 6.07) is 10.8. The number of benzene rings is 1. The maximum absolute atomic E-state index is 13.1. The number of rotatable bonds is 3. The van der Waals surface area contributed by atoms with E-state index in [0.717, 1.165) is 17.8 Å². The number of nitrogens with one attached hydrogen (secondary N) is 1. The van der Waals surface area contributed by atoms with E-state index in [4.69, 9.17) is 0 Å². The van der Waals surface area contributed by atoms with Crippen molar-refractivity contribution in [3.05, 3.63) is 78.6 Å². The van der Waals surface area contributed by atoms with E-state index in [2.05, 4.69) is 31.7 Å². The Bertz CT molecular complexity index is 1020. The van der Waals surface area contributed by atoms with Crippen LogP contribution in [0.5, 0.6) is 0 Å². The Morgan fingerprint density at radius 2 is 1.96 bits per heavy atom. The van der Waals surface area contributed by atoms with Crippen LogP contribution in [-0.4, -0.2) is 26.9 Å². The predicted molar refractivity (Wildman–Crippen MR) is 92.6 cm³/mol. The van der Waals surface area contributed by atoms with Crippen LogP contribution in [0.25, 0.3) is 17.1 Å². The van der Waals surface area contributed by atoms with Crippen LogP contribution in [-0.2, 0) is 20.1 Å². The minimum atomic E-state index is -0.677. The van der Waals surface area contributed by atoms with E-state index >= 15 is 0 Å². The minimum Gasteiger partial charge on any atom is -0.571 e. The molecule has 6 nitrogen and oxygen atoms in total. The summed E-state index contributed by atoms with van der Waals surface area (Å²) in [5.41, 5.74) is 2.07. The van der Waals surface area contributed by atoms with Crippen molar-refractivity contribution in [1.82, 2.24) is 25.0 Å². The number of anilines is 1. The average Bonchev–Trinajstić information content (AvgIpc) is 3.34. The molecule has 0 bridgehead atoms. The molecule has 28 heavy (non-hydrogen) atoms. The molecule has 1 aromatic carbocycles. The van der Waals surface area contributed by atoms with Gasteiger partial charge in [0.25, 0.3) is 0 Å². The van der Waals surface area contributed by atoms with Crippen LogP contribution in [0.4, 0.5) is 18.9 Å². The molecule has 0 aliphatic carbocycles. The molecule has 3 heterocycles. The Hall–Kier alpha value is -2.97. The van der Waals surface area contributed by atoms with E-state index < -0.39 is 17.6 Å². The summed E-state index contributed by atoms with van der Waals surface area (Å²) in [5.74, 6) is -1.91. The molecule has 0 saturated carbocycles. The summed E-state index contributed by atoms with van der Waals surface area (Å²) in [7, 11) is 1.80. The van der Waals surface area contributed by atoms with Gasteiger partial charge in [-0.3, -0.25) is 18.4 Å². The Kier molecular flexibility index (Phi) is 7.48. The van der Waals surface area contributed by atoms with Crippen LogP contribution >= 0.6 is 0 Å². The molecule has 0 fully saturated rings. The van der Waals surface area contributed by atoms with Gasteiger partial charge in [0.2, 0.25) is 0 Å². The number of hydrogen-bond acceptors (Lipinski definition) is 4. The van der Waals surface area contributed by atoms with E-state index in [1.165, 1.54) is 16.9 Å². The number of aromatic nitrogens is 5. The topological polar surface area (TPSA) is 69.7 Å². The summed E-state index contributed by atoms with van der Waals surface area (Å²) >= 11 is 0. The fourth-order valence-corrected chi connectivity index (χ4v) is 2.14. The number of pyridine rings is 1. The molecular weight excluding hydrogens is 549 g/mol. The zero-order chi connectivity index (χ0) is 19.2. The van der Waals surface area contributed by atoms with E-state index in [1.54, 1.807) is 31.6 Å². The number of nitrogens with zero attached hydrogens (tertiary/aromatic N) is 5. The van der Waals surface area contributed by atoms with Crippen molar-refractivity contribution in [2.45, 2.75) is 0 Å². The first kappa shape index (κ1) is 21.3. The van der Waals surface area contributed by atoms with Crippen molar-refractivity contribution in [2.75, 3.05) is 12.4 Å².